The summed E-state index contributed by atoms with van der Waals surface area (Å²) >= 11 is 5.86. The lowest BCUT2D eigenvalue weighted by Crippen LogP contribution is -1.95. The Bertz CT molecular complexity index is 546. The first kappa shape index (κ1) is 12.8. The van der Waals surface area contributed by atoms with E-state index >= 15 is 0 Å². The van der Waals surface area contributed by atoms with Gasteiger partial charge >= 0.3 is 0 Å². The van der Waals surface area contributed by atoms with Gasteiger partial charge in [0.15, 0.2) is 0 Å². The first-order valence-corrected chi connectivity index (χ1v) is 9.58. The molecule has 0 aliphatic heterocycles. The molecular weight excluding hydrogens is 243 g/mol. The van der Waals surface area contributed by atoms with E-state index in [0.29, 0.717) is 0 Å². The highest BCUT2D eigenvalue weighted by Crippen LogP contribution is 2.49. The van der Waals surface area contributed by atoms with E-state index in [1.54, 1.807) is 0 Å². The molecule has 0 saturated heterocycles. The molecule has 2 aromatic rings. The molecule has 0 amide bonds. The Morgan fingerprint density at radius 3 is 2.29 bits per heavy atom. The largest absolute Gasteiger partial charge is 0.0972 e. The smallest absolute Gasteiger partial charge is 0.00238 e. The van der Waals surface area contributed by atoms with Crippen LogP contribution in [0.4, 0.5) is 0 Å². The Kier molecular flexibility index (Phi) is 4.01. The van der Waals surface area contributed by atoms with E-state index in [9.17, 15) is 0 Å². The van der Waals surface area contributed by atoms with E-state index in [4.69, 9.17) is 11.8 Å². The molecule has 0 atom stereocenters. The van der Waals surface area contributed by atoms with Gasteiger partial charge in [0.2, 0.25) is 0 Å². The minimum Gasteiger partial charge on any atom is -0.0972 e. The van der Waals surface area contributed by atoms with Crippen molar-refractivity contribution in [3.05, 3.63) is 48.0 Å². The van der Waals surface area contributed by atoms with Crippen molar-refractivity contribution in [3.8, 4) is 0 Å². The van der Waals surface area contributed by atoms with Gasteiger partial charge in [0.25, 0.3) is 0 Å². The molecule has 2 aromatic carbocycles. The van der Waals surface area contributed by atoms with Crippen LogP contribution in [-0.4, -0.2) is 12.3 Å². The molecule has 0 heterocycles. The monoisotopic (exact) mass is 262 g/mol. The summed E-state index contributed by atoms with van der Waals surface area (Å²) < 4.78 is 0. The molecule has 0 bridgehead atoms. The van der Waals surface area contributed by atoms with E-state index < -0.39 is 6.04 Å². The van der Waals surface area contributed by atoms with Gasteiger partial charge in [-0.25, -0.2) is 0 Å². The third-order valence-corrected chi connectivity index (χ3v) is 8.65. The molecule has 0 nitrogen and oxygen atoms in total. The van der Waals surface area contributed by atoms with Gasteiger partial charge in [-0.1, -0.05) is 68.1 Å². The maximum Gasteiger partial charge on any atom is 0.00238 e. The lowest BCUT2D eigenvalue weighted by molar-refractivity contribution is 1.32. The summed E-state index contributed by atoms with van der Waals surface area (Å²) in [4.78, 5) is 0. The van der Waals surface area contributed by atoms with Crippen molar-refractivity contribution >= 4 is 28.6 Å². The van der Waals surface area contributed by atoms with Crippen LogP contribution in [0, 0.1) is 0 Å². The van der Waals surface area contributed by atoms with Gasteiger partial charge in [0, 0.05) is 6.16 Å². The zero-order chi connectivity index (χ0) is 12.3. The summed E-state index contributed by atoms with van der Waals surface area (Å²) in [6.07, 6.45) is 3.45. The van der Waals surface area contributed by atoms with Gasteiger partial charge in [-0.15, -0.1) is 0 Å². The van der Waals surface area contributed by atoms with E-state index in [2.05, 4.69) is 56.3 Å². The highest BCUT2D eigenvalue weighted by atomic mass is 32.4. The third kappa shape index (κ3) is 2.78. The van der Waals surface area contributed by atoms with Crippen molar-refractivity contribution in [1.82, 2.24) is 0 Å². The van der Waals surface area contributed by atoms with Gasteiger partial charge in [0.1, 0.15) is 0 Å². The van der Waals surface area contributed by atoms with Crippen molar-refractivity contribution < 1.29 is 0 Å². The zero-order valence-electron chi connectivity index (χ0n) is 10.5. The number of hydrogen-bond donors (Lipinski definition) is 0. The molecule has 0 fully saturated rings. The molecule has 0 unspecified atom stereocenters. The molecule has 0 radical (unpaired) electrons. The molecule has 0 aliphatic rings. The first-order valence-electron chi connectivity index (χ1n) is 6.22. The fourth-order valence-corrected chi connectivity index (χ4v) is 4.40. The fourth-order valence-electron chi connectivity index (χ4n) is 2.19. The Hall–Kier alpha value is -0.650. The van der Waals surface area contributed by atoms with Crippen LogP contribution in [0.15, 0.2) is 42.5 Å². The quantitative estimate of drug-likeness (QED) is 0.709. The summed E-state index contributed by atoms with van der Waals surface area (Å²) in [7, 11) is 0. The second-order valence-corrected chi connectivity index (χ2v) is 10.5. The van der Waals surface area contributed by atoms with Crippen LogP contribution in [0.5, 0.6) is 0 Å². The maximum atomic E-state index is 5.86. The summed E-state index contributed by atoms with van der Waals surface area (Å²) in [5.41, 5.74) is 1.44. The standard InChI is InChI=1S/C15H19PS/c1-3-16(17,4-2)12-14-10-7-9-13-8-5-6-11-15(13)14/h5-11H,3-4,12H2,1-2H3. The lowest BCUT2D eigenvalue weighted by Gasteiger charge is -2.19. The lowest BCUT2D eigenvalue weighted by atomic mass is 10.1. The molecule has 0 saturated carbocycles. The molecule has 0 N–H and O–H groups in total. The summed E-state index contributed by atoms with van der Waals surface area (Å²) in [5.74, 6) is 0. The summed E-state index contributed by atoms with van der Waals surface area (Å²) in [6.45, 7) is 4.49. The van der Waals surface area contributed by atoms with Gasteiger partial charge in [-0.05, 0) is 34.7 Å². The van der Waals surface area contributed by atoms with E-state index in [0.717, 1.165) is 6.16 Å². The van der Waals surface area contributed by atoms with Gasteiger partial charge in [-0.3, -0.25) is 0 Å². The molecule has 0 aliphatic carbocycles. The van der Waals surface area contributed by atoms with Crippen LogP contribution in [-0.2, 0) is 18.0 Å². The average molecular weight is 262 g/mol. The van der Waals surface area contributed by atoms with Gasteiger partial charge in [-0.2, -0.15) is 0 Å². The Labute approximate surface area is 109 Å². The minimum atomic E-state index is -1.17. The van der Waals surface area contributed by atoms with Crippen molar-refractivity contribution in [2.45, 2.75) is 20.0 Å². The zero-order valence-corrected chi connectivity index (χ0v) is 12.2. The van der Waals surface area contributed by atoms with Crippen LogP contribution in [0.1, 0.15) is 19.4 Å². The van der Waals surface area contributed by atoms with Crippen LogP contribution in [0.2, 0.25) is 0 Å². The van der Waals surface area contributed by atoms with Crippen molar-refractivity contribution in [2.75, 3.05) is 12.3 Å². The second-order valence-electron chi connectivity index (χ2n) is 4.49. The van der Waals surface area contributed by atoms with Crippen LogP contribution in [0.3, 0.4) is 0 Å². The number of fused-ring (bicyclic) bond motifs is 1. The van der Waals surface area contributed by atoms with Crippen molar-refractivity contribution in [1.29, 1.82) is 0 Å². The topological polar surface area (TPSA) is 0 Å². The Balaban J connectivity index is 2.46. The second kappa shape index (κ2) is 5.33. The van der Waals surface area contributed by atoms with Crippen LogP contribution >= 0.6 is 6.04 Å². The predicted octanol–water partition coefficient (Wildman–Crippen LogP) is 4.86. The highest BCUT2D eigenvalue weighted by molar-refractivity contribution is 8.14. The fraction of sp³-hybridized carbons (Fsp3) is 0.333. The molecule has 2 heteroatoms. The number of rotatable bonds is 4. The number of hydrogen-bond acceptors (Lipinski definition) is 1. The normalized spacial score (nSPS) is 11.9. The van der Waals surface area contributed by atoms with E-state index in [1.807, 2.05) is 0 Å². The van der Waals surface area contributed by atoms with E-state index in [1.165, 1.54) is 28.7 Å². The average Bonchev–Trinajstić information content (AvgIpc) is 2.39. The van der Waals surface area contributed by atoms with Gasteiger partial charge in [0.05, 0.1) is 0 Å². The first-order chi connectivity index (χ1) is 8.18. The Morgan fingerprint density at radius 2 is 1.59 bits per heavy atom. The van der Waals surface area contributed by atoms with E-state index in [-0.39, 0.29) is 0 Å². The SMILES string of the molecule is CCP(=S)(CC)Cc1cccc2ccccc12. The molecular formula is C15H19PS. The molecule has 2 rings (SSSR count). The number of benzene rings is 2. The van der Waals surface area contributed by atoms with Crippen molar-refractivity contribution in [3.63, 3.8) is 0 Å². The Morgan fingerprint density at radius 1 is 0.941 bits per heavy atom. The maximum absolute atomic E-state index is 5.86. The predicted molar refractivity (Wildman–Crippen MR) is 83.0 cm³/mol. The summed E-state index contributed by atoms with van der Waals surface area (Å²) in [5, 5.41) is 2.71. The van der Waals surface area contributed by atoms with Crippen LogP contribution in [0.25, 0.3) is 10.8 Å². The molecule has 0 spiro atoms. The highest BCUT2D eigenvalue weighted by Gasteiger charge is 2.14. The molecule has 0 aromatic heterocycles. The van der Waals surface area contributed by atoms with Crippen LogP contribution < -0.4 is 0 Å². The van der Waals surface area contributed by atoms with Gasteiger partial charge < -0.3 is 0 Å². The molecule has 90 valence electrons. The molecule has 17 heavy (non-hydrogen) atoms. The third-order valence-electron chi connectivity index (χ3n) is 3.49. The summed E-state index contributed by atoms with van der Waals surface area (Å²) in [6, 6.07) is 14.0. The van der Waals surface area contributed by atoms with Crippen molar-refractivity contribution in [2.24, 2.45) is 0 Å². The minimum absolute atomic E-state index is 1.11.